The molecule has 3 N–H and O–H groups in total. The largest absolute Gasteiger partial charge is 0.465 e. The Morgan fingerprint density at radius 3 is 2.50 bits per heavy atom. The zero-order valence-corrected chi connectivity index (χ0v) is 15.1. The molecule has 0 fully saturated rings. The first-order valence-electron chi connectivity index (χ1n) is 8.18. The topological polar surface area (TPSA) is 81.7 Å². The zero-order chi connectivity index (χ0) is 20.5. The first kappa shape index (κ1) is 19.8. The molecular weight excluding hydrogens is 399 g/mol. The van der Waals surface area contributed by atoms with E-state index in [9.17, 15) is 22.8 Å². The molecule has 10 heteroatoms. The van der Waals surface area contributed by atoms with Crippen molar-refractivity contribution in [3.63, 3.8) is 0 Å². The summed E-state index contributed by atoms with van der Waals surface area (Å²) in [5.41, 5.74) is 0.621. The fourth-order valence-electron chi connectivity index (χ4n) is 2.94. The predicted octanol–water partition coefficient (Wildman–Crippen LogP) is 5.04. The summed E-state index contributed by atoms with van der Waals surface area (Å²) in [6.07, 6.45) is -5.19. The molecule has 0 radical (unpaired) electrons. The van der Waals surface area contributed by atoms with E-state index < -0.39 is 29.6 Å². The second kappa shape index (κ2) is 7.59. The highest BCUT2D eigenvalue weighted by Gasteiger charge is 2.34. The molecule has 0 bridgehead atoms. The fourth-order valence-corrected chi connectivity index (χ4v) is 3.11. The van der Waals surface area contributed by atoms with Gasteiger partial charge in [-0.3, -0.25) is 0 Å². The number of halogens is 4. The van der Waals surface area contributed by atoms with Gasteiger partial charge in [-0.15, -0.1) is 0 Å². The molecule has 6 nitrogen and oxygen atoms in total. The van der Waals surface area contributed by atoms with E-state index in [1.165, 1.54) is 11.0 Å². The quantitative estimate of drug-likeness (QED) is 0.645. The minimum absolute atomic E-state index is 0.0941. The van der Waals surface area contributed by atoms with E-state index in [0.29, 0.717) is 18.7 Å². The van der Waals surface area contributed by atoms with Gasteiger partial charge in [-0.25, -0.2) is 9.59 Å². The van der Waals surface area contributed by atoms with Crippen molar-refractivity contribution < 1.29 is 27.9 Å². The third-order valence-electron chi connectivity index (χ3n) is 4.28. The normalized spacial score (nSPS) is 13.6. The Hall–Kier alpha value is -2.94. The van der Waals surface area contributed by atoms with Gasteiger partial charge in [-0.2, -0.15) is 13.2 Å². The van der Waals surface area contributed by atoms with Gasteiger partial charge in [0.2, 0.25) is 0 Å². The smallest absolute Gasteiger partial charge is 0.418 e. The van der Waals surface area contributed by atoms with Crippen molar-refractivity contribution in [2.75, 3.05) is 17.2 Å². The third kappa shape index (κ3) is 4.48. The molecule has 3 amide bonds. The SMILES string of the molecule is O=C(Nc1ccc2c(c1)CCN(C(=O)O)C2)Nc1ccc(Cl)cc1C(F)(F)F. The number of hydrogen-bond acceptors (Lipinski definition) is 2. The molecule has 3 rings (SSSR count). The summed E-state index contributed by atoms with van der Waals surface area (Å²) >= 11 is 5.62. The van der Waals surface area contributed by atoms with Crippen molar-refractivity contribution in [3.8, 4) is 0 Å². The molecule has 0 saturated heterocycles. The summed E-state index contributed by atoms with van der Waals surface area (Å²) in [6, 6.07) is 7.16. The number of nitrogens with one attached hydrogen (secondary N) is 2. The number of amides is 3. The van der Waals surface area contributed by atoms with Crippen LogP contribution in [0.4, 0.5) is 34.1 Å². The highest BCUT2D eigenvalue weighted by Crippen LogP contribution is 2.36. The van der Waals surface area contributed by atoms with Crippen LogP contribution in [0.5, 0.6) is 0 Å². The first-order valence-corrected chi connectivity index (χ1v) is 8.55. The van der Waals surface area contributed by atoms with Crippen molar-refractivity contribution in [3.05, 3.63) is 58.1 Å². The second-order valence-corrected chi connectivity index (χ2v) is 6.64. The molecule has 1 aliphatic heterocycles. The minimum Gasteiger partial charge on any atom is -0.465 e. The molecule has 2 aromatic rings. The lowest BCUT2D eigenvalue weighted by molar-refractivity contribution is -0.136. The minimum atomic E-state index is -4.67. The maximum absolute atomic E-state index is 13.1. The van der Waals surface area contributed by atoms with Gasteiger partial charge in [0.15, 0.2) is 0 Å². The molecule has 0 atom stereocenters. The third-order valence-corrected chi connectivity index (χ3v) is 4.52. The van der Waals surface area contributed by atoms with Crippen LogP contribution in [0.3, 0.4) is 0 Å². The molecule has 0 unspecified atom stereocenters. The van der Waals surface area contributed by atoms with E-state index in [1.807, 2.05) is 0 Å². The number of alkyl halides is 3. The molecule has 28 heavy (non-hydrogen) atoms. The van der Waals surface area contributed by atoms with Crippen LogP contribution < -0.4 is 10.6 Å². The number of carboxylic acid groups (broad SMARTS) is 1. The van der Waals surface area contributed by atoms with Crippen molar-refractivity contribution in [2.24, 2.45) is 0 Å². The summed E-state index contributed by atoms with van der Waals surface area (Å²) in [5, 5.41) is 13.6. The van der Waals surface area contributed by atoms with E-state index in [-0.39, 0.29) is 11.6 Å². The predicted molar refractivity (Wildman–Crippen MR) is 97.7 cm³/mol. The molecular formula is C18H15ClF3N3O3. The van der Waals surface area contributed by atoms with Gasteiger partial charge in [0.25, 0.3) is 0 Å². The molecule has 2 aromatic carbocycles. The highest BCUT2D eigenvalue weighted by atomic mass is 35.5. The molecule has 0 aliphatic carbocycles. The number of nitrogens with zero attached hydrogens (tertiary/aromatic N) is 1. The lowest BCUT2D eigenvalue weighted by atomic mass is 9.99. The lowest BCUT2D eigenvalue weighted by Gasteiger charge is -2.26. The molecule has 0 aromatic heterocycles. The Labute approximate surface area is 162 Å². The van der Waals surface area contributed by atoms with Crippen molar-refractivity contribution in [1.82, 2.24) is 4.90 Å². The Kier molecular flexibility index (Phi) is 5.37. The average Bonchev–Trinajstić information content (AvgIpc) is 2.61. The van der Waals surface area contributed by atoms with Gasteiger partial charge in [0.05, 0.1) is 11.3 Å². The fraction of sp³-hybridized carbons (Fsp3) is 0.222. The van der Waals surface area contributed by atoms with E-state index in [4.69, 9.17) is 16.7 Å². The summed E-state index contributed by atoms with van der Waals surface area (Å²) in [7, 11) is 0. The van der Waals surface area contributed by atoms with Gasteiger partial charge in [0, 0.05) is 23.8 Å². The summed E-state index contributed by atoms with van der Waals surface area (Å²) < 4.78 is 39.3. The highest BCUT2D eigenvalue weighted by molar-refractivity contribution is 6.30. The van der Waals surface area contributed by atoms with Crippen LogP contribution in [0.15, 0.2) is 36.4 Å². The standard InChI is InChI=1S/C18H15ClF3N3O3/c19-12-2-4-15(14(8-12)18(20,21)22)24-16(26)23-13-3-1-11-9-25(17(27)28)6-5-10(11)7-13/h1-4,7-8H,5-6,9H2,(H,27,28)(H2,23,24,26). The number of fused-ring (bicyclic) bond motifs is 1. The number of carbonyl (C=O) groups is 2. The van der Waals surface area contributed by atoms with Crippen LogP contribution >= 0.6 is 11.6 Å². The van der Waals surface area contributed by atoms with Crippen LogP contribution in [0, 0.1) is 0 Å². The maximum atomic E-state index is 13.1. The van der Waals surface area contributed by atoms with Gasteiger partial charge >= 0.3 is 18.3 Å². The van der Waals surface area contributed by atoms with Crippen LogP contribution in [0.25, 0.3) is 0 Å². The molecule has 0 spiro atoms. The van der Waals surface area contributed by atoms with E-state index >= 15 is 0 Å². The monoisotopic (exact) mass is 413 g/mol. The molecule has 1 aliphatic rings. The van der Waals surface area contributed by atoms with Crippen molar-refractivity contribution in [1.29, 1.82) is 0 Å². The Balaban J connectivity index is 1.72. The number of benzene rings is 2. The maximum Gasteiger partial charge on any atom is 0.418 e. The number of hydrogen-bond donors (Lipinski definition) is 3. The number of rotatable bonds is 2. The van der Waals surface area contributed by atoms with Crippen molar-refractivity contribution >= 4 is 35.1 Å². The van der Waals surface area contributed by atoms with E-state index in [0.717, 1.165) is 23.3 Å². The van der Waals surface area contributed by atoms with Crippen LogP contribution in [-0.2, 0) is 19.1 Å². The van der Waals surface area contributed by atoms with E-state index in [2.05, 4.69) is 10.6 Å². The zero-order valence-electron chi connectivity index (χ0n) is 14.3. The Morgan fingerprint density at radius 1 is 1.07 bits per heavy atom. The Bertz CT molecular complexity index is 934. The lowest BCUT2D eigenvalue weighted by Crippen LogP contribution is -2.34. The number of anilines is 2. The Morgan fingerprint density at radius 2 is 1.82 bits per heavy atom. The average molecular weight is 414 g/mol. The first-order chi connectivity index (χ1) is 13.1. The van der Waals surface area contributed by atoms with Crippen LogP contribution in [0.2, 0.25) is 5.02 Å². The van der Waals surface area contributed by atoms with Gasteiger partial charge in [-0.1, -0.05) is 17.7 Å². The number of urea groups is 1. The summed E-state index contributed by atoms with van der Waals surface area (Å²) in [5.74, 6) is 0. The summed E-state index contributed by atoms with van der Waals surface area (Å²) in [4.78, 5) is 24.5. The molecule has 1 heterocycles. The second-order valence-electron chi connectivity index (χ2n) is 6.20. The van der Waals surface area contributed by atoms with Gasteiger partial charge in [-0.05, 0) is 47.9 Å². The van der Waals surface area contributed by atoms with Gasteiger partial charge in [0.1, 0.15) is 0 Å². The van der Waals surface area contributed by atoms with Crippen LogP contribution in [0.1, 0.15) is 16.7 Å². The number of carbonyl (C=O) groups excluding carboxylic acids is 1. The summed E-state index contributed by atoms with van der Waals surface area (Å²) in [6.45, 7) is 0.578. The van der Waals surface area contributed by atoms with Gasteiger partial charge < -0.3 is 20.6 Å². The van der Waals surface area contributed by atoms with Crippen molar-refractivity contribution in [2.45, 2.75) is 19.1 Å². The van der Waals surface area contributed by atoms with E-state index in [1.54, 1.807) is 18.2 Å². The van der Waals surface area contributed by atoms with Crippen LogP contribution in [-0.4, -0.2) is 28.7 Å². The molecule has 0 saturated carbocycles. The molecule has 148 valence electrons.